The number of halogens is 1. The zero-order valence-corrected chi connectivity index (χ0v) is 19.6. The summed E-state index contributed by atoms with van der Waals surface area (Å²) in [6.07, 6.45) is 3.63. The van der Waals surface area contributed by atoms with Gasteiger partial charge in [-0.15, -0.1) is 0 Å². The van der Waals surface area contributed by atoms with Gasteiger partial charge in [0.25, 0.3) is 0 Å². The largest absolute Gasteiger partial charge is 0.474 e. The molecule has 1 saturated heterocycles. The average Bonchev–Trinajstić information content (AvgIpc) is 2.79. The van der Waals surface area contributed by atoms with Gasteiger partial charge in [-0.2, -0.15) is 0 Å². The molecule has 2 aromatic heterocycles. The molecule has 2 aliphatic heterocycles. The molecule has 3 aromatic rings. The fourth-order valence-corrected chi connectivity index (χ4v) is 6.03. The first-order valence-corrected chi connectivity index (χ1v) is 11.7. The van der Waals surface area contributed by atoms with Crippen LogP contribution >= 0.6 is 0 Å². The number of amides is 1. The molecule has 35 heavy (non-hydrogen) atoms. The van der Waals surface area contributed by atoms with E-state index >= 15 is 4.39 Å². The Morgan fingerprint density at radius 3 is 2.77 bits per heavy atom. The predicted octanol–water partition coefficient (Wildman–Crippen LogP) is 3.71. The highest BCUT2D eigenvalue weighted by Crippen LogP contribution is 2.50. The maximum absolute atomic E-state index is 15.4. The van der Waals surface area contributed by atoms with Crippen LogP contribution in [0.2, 0.25) is 0 Å². The Bertz CT molecular complexity index is 1370. The molecule has 10 heteroatoms. The number of nitrogens with two attached hydrogens (primary N) is 1. The van der Waals surface area contributed by atoms with Crippen LogP contribution in [-0.4, -0.2) is 65.4 Å². The first-order valence-electron chi connectivity index (χ1n) is 11.7. The van der Waals surface area contributed by atoms with Crippen molar-refractivity contribution in [1.29, 1.82) is 0 Å². The Morgan fingerprint density at radius 2 is 2.06 bits per heavy atom. The summed E-state index contributed by atoms with van der Waals surface area (Å²) in [6.45, 7) is 5.03. The van der Waals surface area contributed by atoms with E-state index in [0.29, 0.717) is 46.7 Å². The number of fused-ring (bicyclic) bond motifs is 2. The molecule has 1 aromatic carbocycles. The van der Waals surface area contributed by atoms with Crippen LogP contribution in [0.25, 0.3) is 21.9 Å². The minimum Gasteiger partial charge on any atom is -0.474 e. The molecule has 3 aliphatic rings. The SMILES string of the molecule is Cc1c(-c2cc3cc(N(C(=O)O)C4CC5(C4)CN(C)C5)ncc3c(N)c2F)cnc2c1NCCO2. The number of hydrogen-bond acceptors (Lipinski definition) is 7. The summed E-state index contributed by atoms with van der Waals surface area (Å²) in [6, 6.07) is 3.25. The van der Waals surface area contributed by atoms with Gasteiger partial charge in [0.15, 0.2) is 5.82 Å². The molecule has 0 radical (unpaired) electrons. The molecule has 6 rings (SSSR count). The van der Waals surface area contributed by atoms with Gasteiger partial charge in [-0.3, -0.25) is 4.90 Å². The second kappa shape index (κ2) is 7.67. The lowest BCUT2D eigenvalue weighted by atomic mass is 9.60. The molecular weight excluding hydrogens is 451 g/mol. The van der Waals surface area contributed by atoms with Crippen molar-refractivity contribution in [2.24, 2.45) is 5.41 Å². The van der Waals surface area contributed by atoms with Gasteiger partial charge in [0, 0.05) is 54.6 Å². The van der Waals surface area contributed by atoms with E-state index in [1.807, 2.05) is 6.92 Å². The third kappa shape index (κ3) is 3.35. The first kappa shape index (κ1) is 21.8. The summed E-state index contributed by atoms with van der Waals surface area (Å²) in [5, 5.41) is 14.3. The Balaban J connectivity index is 1.40. The van der Waals surface area contributed by atoms with Crippen molar-refractivity contribution in [3.63, 3.8) is 0 Å². The highest BCUT2D eigenvalue weighted by molar-refractivity contribution is 6.00. The molecule has 0 atom stereocenters. The monoisotopic (exact) mass is 478 g/mol. The summed E-state index contributed by atoms with van der Waals surface area (Å²) < 4.78 is 21.0. The second-order valence-electron chi connectivity index (χ2n) is 10.1. The maximum Gasteiger partial charge on any atom is 0.413 e. The lowest BCUT2D eigenvalue weighted by Crippen LogP contribution is -2.66. The number of nitrogens with zero attached hydrogens (tertiary/aromatic N) is 4. The summed E-state index contributed by atoms with van der Waals surface area (Å²) in [4.78, 5) is 24.5. The van der Waals surface area contributed by atoms with Crippen molar-refractivity contribution in [1.82, 2.24) is 14.9 Å². The quantitative estimate of drug-likeness (QED) is 0.488. The number of aromatic nitrogens is 2. The van der Waals surface area contributed by atoms with Crippen LogP contribution in [-0.2, 0) is 0 Å². The lowest BCUT2D eigenvalue weighted by molar-refractivity contribution is -0.0569. The fraction of sp³-hybridized carbons (Fsp3) is 0.400. The van der Waals surface area contributed by atoms with Gasteiger partial charge in [0.2, 0.25) is 5.88 Å². The minimum atomic E-state index is -1.04. The van der Waals surface area contributed by atoms with E-state index in [2.05, 4.69) is 27.2 Å². The Hall–Kier alpha value is -3.66. The number of pyridine rings is 2. The topological polar surface area (TPSA) is 117 Å². The summed E-state index contributed by atoms with van der Waals surface area (Å²) in [7, 11) is 2.07. The molecule has 2 fully saturated rings. The van der Waals surface area contributed by atoms with Gasteiger partial charge in [-0.05, 0) is 55.3 Å². The number of rotatable bonds is 3. The lowest BCUT2D eigenvalue weighted by Gasteiger charge is -2.59. The predicted molar refractivity (Wildman–Crippen MR) is 132 cm³/mol. The van der Waals surface area contributed by atoms with Gasteiger partial charge in [0.1, 0.15) is 18.1 Å². The van der Waals surface area contributed by atoms with Crippen LogP contribution in [0.5, 0.6) is 5.88 Å². The van der Waals surface area contributed by atoms with Crippen molar-refractivity contribution < 1.29 is 19.0 Å². The van der Waals surface area contributed by atoms with Crippen molar-refractivity contribution in [2.75, 3.05) is 49.2 Å². The molecule has 0 bridgehead atoms. The van der Waals surface area contributed by atoms with Crippen molar-refractivity contribution >= 4 is 34.1 Å². The van der Waals surface area contributed by atoms with Gasteiger partial charge in [-0.1, -0.05) is 0 Å². The molecule has 4 N–H and O–H groups in total. The van der Waals surface area contributed by atoms with E-state index < -0.39 is 11.9 Å². The molecular formula is C25H27FN6O3. The number of ether oxygens (including phenoxy) is 1. The Kier molecular flexibility index (Phi) is 4.79. The zero-order valence-electron chi connectivity index (χ0n) is 19.6. The van der Waals surface area contributed by atoms with E-state index in [1.165, 1.54) is 11.1 Å². The van der Waals surface area contributed by atoms with Crippen LogP contribution in [0, 0.1) is 18.2 Å². The van der Waals surface area contributed by atoms with E-state index in [0.717, 1.165) is 37.2 Å². The first-order chi connectivity index (χ1) is 16.8. The van der Waals surface area contributed by atoms with Gasteiger partial charge < -0.3 is 25.8 Å². The van der Waals surface area contributed by atoms with Gasteiger partial charge in [-0.25, -0.2) is 19.2 Å². The number of hydrogen-bond donors (Lipinski definition) is 3. The number of carbonyl (C=O) groups is 1. The molecule has 182 valence electrons. The standard InChI is InChI=1S/C25H27FN6O3/c1-13-17(9-30-23-22(13)28-3-4-35-23)16-5-14-6-19(29-10-18(14)21(27)20(16)26)32(24(33)34)15-7-25(8-15)11-31(2)12-25/h5-6,9-10,15,28H,3-4,7-8,11-12,27H2,1-2H3,(H,33,34). The van der Waals surface area contributed by atoms with Crippen LogP contribution in [0.1, 0.15) is 18.4 Å². The normalized spacial score (nSPS) is 18.8. The molecule has 1 spiro atoms. The van der Waals surface area contributed by atoms with Gasteiger partial charge >= 0.3 is 6.09 Å². The highest BCUT2D eigenvalue weighted by atomic mass is 19.1. The summed E-state index contributed by atoms with van der Waals surface area (Å²) >= 11 is 0. The highest BCUT2D eigenvalue weighted by Gasteiger charge is 2.54. The minimum absolute atomic E-state index is 0.0279. The summed E-state index contributed by atoms with van der Waals surface area (Å²) in [5.74, 6) is 0.259. The van der Waals surface area contributed by atoms with Crippen LogP contribution in [0.15, 0.2) is 24.5 Å². The van der Waals surface area contributed by atoms with E-state index in [9.17, 15) is 9.90 Å². The number of likely N-dealkylation sites (tertiary alicyclic amines) is 1. The van der Waals surface area contributed by atoms with Gasteiger partial charge in [0.05, 0.1) is 5.69 Å². The number of nitrogens with one attached hydrogen (secondary N) is 1. The second-order valence-corrected chi connectivity index (χ2v) is 10.1. The molecule has 1 amide bonds. The molecule has 4 heterocycles. The van der Waals surface area contributed by atoms with E-state index in [4.69, 9.17) is 10.5 Å². The zero-order chi connectivity index (χ0) is 24.5. The summed E-state index contributed by atoms with van der Waals surface area (Å²) in [5.41, 5.74) is 8.82. The third-order valence-corrected chi connectivity index (χ3v) is 7.59. The molecule has 0 unspecified atom stereocenters. The van der Waals surface area contributed by atoms with E-state index in [-0.39, 0.29) is 17.1 Å². The van der Waals surface area contributed by atoms with Crippen molar-refractivity contribution in [3.05, 3.63) is 35.9 Å². The number of anilines is 3. The fourth-order valence-electron chi connectivity index (χ4n) is 6.03. The number of carboxylic acid groups (broad SMARTS) is 1. The molecule has 1 aliphatic carbocycles. The molecule has 1 saturated carbocycles. The Labute approximate surface area is 201 Å². The van der Waals surface area contributed by atoms with Crippen molar-refractivity contribution in [3.8, 4) is 17.0 Å². The van der Waals surface area contributed by atoms with Crippen LogP contribution in [0.3, 0.4) is 0 Å². The third-order valence-electron chi connectivity index (χ3n) is 7.59. The molecule has 9 nitrogen and oxygen atoms in total. The van der Waals surface area contributed by atoms with Crippen LogP contribution in [0.4, 0.5) is 26.4 Å². The van der Waals surface area contributed by atoms with Crippen LogP contribution < -0.4 is 20.7 Å². The Morgan fingerprint density at radius 1 is 1.29 bits per heavy atom. The maximum atomic E-state index is 15.4. The van der Waals surface area contributed by atoms with E-state index in [1.54, 1.807) is 18.3 Å². The smallest absolute Gasteiger partial charge is 0.413 e. The number of nitrogen functional groups attached to an aromatic ring is 1. The van der Waals surface area contributed by atoms with Crippen molar-refractivity contribution in [2.45, 2.75) is 25.8 Å². The number of benzene rings is 1. The average molecular weight is 479 g/mol.